The lowest BCUT2D eigenvalue weighted by Crippen LogP contribution is -2.33. The van der Waals surface area contributed by atoms with Crippen molar-refractivity contribution in [3.05, 3.63) is 18.2 Å². The maximum atomic E-state index is 6.31. The normalized spacial score (nSPS) is 27.4. The molecule has 0 radical (unpaired) electrons. The Balaban J connectivity index is 2.15. The zero-order valence-corrected chi connectivity index (χ0v) is 10.2. The van der Waals surface area contributed by atoms with Gasteiger partial charge in [0.1, 0.15) is 5.82 Å². The van der Waals surface area contributed by atoms with Gasteiger partial charge in [0.2, 0.25) is 0 Å². The van der Waals surface area contributed by atoms with Crippen LogP contribution in [0.3, 0.4) is 0 Å². The second-order valence-electron chi connectivity index (χ2n) is 4.83. The van der Waals surface area contributed by atoms with Gasteiger partial charge in [-0.1, -0.05) is 32.6 Å². The highest BCUT2D eigenvalue weighted by Gasteiger charge is 2.22. The molecule has 2 unspecified atom stereocenters. The Kier molecular flexibility index (Phi) is 3.99. The van der Waals surface area contributed by atoms with Crippen molar-refractivity contribution in [3.8, 4) is 0 Å². The van der Waals surface area contributed by atoms with E-state index in [0.29, 0.717) is 12.1 Å². The summed E-state index contributed by atoms with van der Waals surface area (Å²) in [6.45, 7) is 2.16. The average Bonchev–Trinajstić information content (AvgIpc) is 2.72. The first-order valence-corrected chi connectivity index (χ1v) is 6.60. The molecule has 2 rings (SSSR count). The van der Waals surface area contributed by atoms with Crippen LogP contribution in [0.4, 0.5) is 0 Å². The van der Waals surface area contributed by atoms with Gasteiger partial charge in [-0.25, -0.2) is 4.98 Å². The molecular weight excluding hydrogens is 198 g/mol. The molecule has 1 aromatic heterocycles. The zero-order valence-electron chi connectivity index (χ0n) is 10.2. The fraction of sp³-hybridized carbons (Fsp3) is 0.769. The number of hydrogen-bond donors (Lipinski definition) is 1. The molecule has 2 atom stereocenters. The molecule has 0 bridgehead atoms. The van der Waals surface area contributed by atoms with E-state index in [0.717, 1.165) is 12.8 Å². The van der Waals surface area contributed by atoms with Crippen LogP contribution in [0, 0.1) is 0 Å². The second-order valence-corrected chi connectivity index (χ2v) is 4.83. The van der Waals surface area contributed by atoms with Crippen LogP contribution in [0.15, 0.2) is 12.4 Å². The number of imidazole rings is 1. The number of nitrogens with two attached hydrogens (primary N) is 1. The Morgan fingerprint density at radius 2 is 2.06 bits per heavy atom. The molecule has 1 aliphatic rings. The third-order valence-corrected chi connectivity index (χ3v) is 3.70. The minimum atomic E-state index is 0.305. The lowest BCUT2D eigenvalue weighted by Gasteiger charge is -2.28. The summed E-state index contributed by atoms with van der Waals surface area (Å²) in [5.74, 6) is 1.18. The predicted octanol–water partition coefficient (Wildman–Crippen LogP) is 2.67. The van der Waals surface area contributed by atoms with Gasteiger partial charge in [0.05, 0.1) is 0 Å². The highest BCUT2D eigenvalue weighted by molar-refractivity contribution is 4.97. The largest absolute Gasteiger partial charge is 0.330 e. The monoisotopic (exact) mass is 221 g/mol. The lowest BCUT2D eigenvalue weighted by atomic mass is 9.92. The van der Waals surface area contributed by atoms with Gasteiger partial charge in [-0.3, -0.25) is 0 Å². The molecule has 1 saturated carbocycles. The van der Waals surface area contributed by atoms with Gasteiger partial charge in [-0.05, 0) is 12.8 Å². The summed E-state index contributed by atoms with van der Waals surface area (Å²) in [5.41, 5.74) is 6.31. The first kappa shape index (κ1) is 11.6. The van der Waals surface area contributed by atoms with Crippen molar-refractivity contribution in [2.45, 2.75) is 64.0 Å². The fourth-order valence-corrected chi connectivity index (χ4v) is 2.76. The molecule has 0 saturated heterocycles. The summed E-state index contributed by atoms with van der Waals surface area (Å²) in [6.07, 6.45) is 12.7. The molecule has 16 heavy (non-hydrogen) atoms. The first-order chi connectivity index (χ1) is 7.83. The van der Waals surface area contributed by atoms with E-state index in [9.17, 15) is 0 Å². The molecule has 1 heterocycles. The Hall–Kier alpha value is -0.830. The average molecular weight is 221 g/mol. The van der Waals surface area contributed by atoms with Crippen LogP contribution in [-0.4, -0.2) is 15.6 Å². The van der Waals surface area contributed by atoms with Crippen molar-refractivity contribution in [2.75, 3.05) is 0 Å². The summed E-state index contributed by atoms with van der Waals surface area (Å²) in [6, 6.07) is 0.776. The third kappa shape index (κ3) is 2.46. The second kappa shape index (κ2) is 5.48. The van der Waals surface area contributed by atoms with E-state index in [-0.39, 0.29) is 0 Å². The van der Waals surface area contributed by atoms with Crippen molar-refractivity contribution in [2.24, 2.45) is 5.73 Å². The molecule has 1 aromatic rings. The van der Waals surface area contributed by atoms with Crippen LogP contribution in [0.1, 0.15) is 57.3 Å². The number of nitrogens with zero attached hydrogens (tertiary/aromatic N) is 2. The quantitative estimate of drug-likeness (QED) is 0.834. The van der Waals surface area contributed by atoms with Crippen LogP contribution in [0.25, 0.3) is 0 Å². The van der Waals surface area contributed by atoms with E-state index in [1.807, 2.05) is 6.20 Å². The Morgan fingerprint density at radius 1 is 1.31 bits per heavy atom. The minimum Gasteiger partial charge on any atom is -0.330 e. The molecule has 0 amide bonds. The molecule has 0 spiro atoms. The van der Waals surface area contributed by atoms with Crippen LogP contribution >= 0.6 is 0 Å². The maximum absolute atomic E-state index is 6.31. The van der Waals surface area contributed by atoms with Crippen LogP contribution in [-0.2, 0) is 6.42 Å². The Bertz CT molecular complexity index is 319. The summed E-state index contributed by atoms with van der Waals surface area (Å²) >= 11 is 0. The lowest BCUT2D eigenvalue weighted by molar-refractivity contribution is 0.321. The fourth-order valence-electron chi connectivity index (χ4n) is 2.76. The predicted molar refractivity (Wildman–Crippen MR) is 66.3 cm³/mol. The van der Waals surface area contributed by atoms with Gasteiger partial charge >= 0.3 is 0 Å². The highest BCUT2D eigenvalue weighted by atomic mass is 15.1. The smallest absolute Gasteiger partial charge is 0.108 e. The zero-order chi connectivity index (χ0) is 11.4. The van der Waals surface area contributed by atoms with E-state index >= 15 is 0 Å². The summed E-state index contributed by atoms with van der Waals surface area (Å²) < 4.78 is 2.32. The van der Waals surface area contributed by atoms with Gasteiger partial charge in [-0.15, -0.1) is 0 Å². The Morgan fingerprint density at radius 3 is 2.81 bits per heavy atom. The molecule has 2 N–H and O–H groups in total. The topological polar surface area (TPSA) is 43.8 Å². The summed E-state index contributed by atoms with van der Waals surface area (Å²) in [5, 5.41) is 0. The summed E-state index contributed by atoms with van der Waals surface area (Å²) in [4.78, 5) is 4.41. The van der Waals surface area contributed by atoms with Gasteiger partial charge in [0.25, 0.3) is 0 Å². The van der Waals surface area contributed by atoms with Crippen molar-refractivity contribution in [1.82, 2.24) is 9.55 Å². The molecule has 3 nitrogen and oxygen atoms in total. The molecule has 0 aromatic carbocycles. The third-order valence-electron chi connectivity index (χ3n) is 3.70. The maximum Gasteiger partial charge on any atom is 0.108 e. The van der Waals surface area contributed by atoms with Crippen molar-refractivity contribution in [1.29, 1.82) is 0 Å². The molecule has 0 aliphatic heterocycles. The minimum absolute atomic E-state index is 0.305. The van der Waals surface area contributed by atoms with Crippen molar-refractivity contribution in [3.63, 3.8) is 0 Å². The van der Waals surface area contributed by atoms with E-state index in [1.165, 1.54) is 37.9 Å². The van der Waals surface area contributed by atoms with E-state index < -0.39 is 0 Å². The van der Waals surface area contributed by atoms with Gasteiger partial charge in [-0.2, -0.15) is 0 Å². The number of aromatic nitrogens is 2. The number of rotatable bonds is 2. The van der Waals surface area contributed by atoms with Gasteiger partial charge in [0.15, 0.2) is 0 Å². The van der Waals surface area contributed by atoms with E-state index in [1.54, 1.807) is 0 Å². The number of hydrogen-bond acceptors (Lipinski definition) is 2. The van der Waals surface area contributed by atoms with E-state index in [4.69, 9.17) is 5.73 Å². The first-order valence-electron chi connectivity index (χ1n) is 6.60. The van der Waals surface area contributed by atoms with Crippen LogP contribution in [0.2, 0.25) is 0 Å². The standard InChI is InChI=1S/C13H23N3/c1-2-13-15-9-10-16(13)12-8-6-4-3-5-7-11(12)14/h9-12H,2-8,14H2,1H3. The van der Waals surface area contributed by atoms with Crippen LogP contribution in [0.5, 0.6) is 0 Å². The SMILES string of the molecule is CCc1nccn1C1CCCCCCC1N. The number of aryl methyl sites for hydroxylation is 1. The van der Waals surface area contributed by atoms with Gasteiger partial charge in [0, 0.05) is 30.9 Å². The van der Waals surface area contributed by atoms with Crippen molar-refractivity contribution < 1.29 is 0 Å². The highest BCUT2D eigenvalue weighted by Crippen LogP contribution is 2.26. The molecule has 1 fully saturated rings. The Labute approximate surface area is 98.1 Å². The molecule has 90 valence electrons. The van der Waals surface area contributed by atoms with Crippen LogP contribution < -0.4 is 5.73 Å². The van der Waals surface area contributed by atoms with E-state index in [2.05, 4.69) is 22.7 Å². The molecule has 3 heteroatoms. The molecule has 1 aliphatic carbocycles. The summed E-state index contributed by atoms with van der Waals surface area (Å²) in [7, 11) is 0. The molecular formula is C13H23N3. The van der Waals surface area contributed by atoms with Gasteiger partial charge < -0.3 is 10.3 Å². The van der Waals surface area contributed by atoms with Crippen molar-refractivity contribution >= 4 is 0 Å².